The fourth-order valence-electron chi connectivity index (χ4n) is 7.91. The van der Waals surface area contributed by atoms with Crippen molar-refractivity contribution in [3.63, 3.8) is 0 Å². The molecular weight excluding hydrogens is 374 g/mol. The van der Waals surface area contributed by atoms with E-state index >= 15 is 0 Å². The third-order valence-corrected chi connectivity index (χ3v) is 7.81. The largest absolute Gasteiger partial charge is 0.361 e. The average molecular weight is 408 g/mol. The molecule has 0 radical (unpaired) electrons. The minimum atomic E-state index is -0.560. The molecule has 3 atom stereocenters. The maximum absolute atomic E-state index is 13.5. The first kappa shape index (κ1) is 19.7. The molecule has 4 saturated carbocycles. The van der Waals surface area contributed by atoms with Crippen LogP contribution in [0.3, 0.4) is 0 Å². The smallest absolute Gasteiger partial charge is 0.243 e. The van der Waals surface area contributed by atoms with Gasteiger partial charge in [-0.15, -0.1) is 0 Å². The van der Waals surface area contributed by atoms with E-state index in [1.807, 2.05) is 24.4 Å². The SMILES string of the molecule is CC(=O)NC(Cc1c[nH]c2ccccc12)C(=O)NC12CC3CC(C)(CC(C)(C3)C1)C2. The van der Waals surface area contributed by atoms with Gasteiger partial charge in [0.05, 0.1) is 0 Å². The first-order valence-corrected chi connectivity index (χ1v) is 11.3. The minimum absolute atomic E-state index is 0.0374. The first-order chi connectivity index (χ1) is 14.2. The Labute approximate surface area is 178 Å². The van der Waals surface area contributed by atoms with Crippen molar-refractivity contribution in [2.75, 3.05) is 0 Å². The van der Waals surface area contributed by atoms with Crippen LogP contribution in [0.5, 0.6) is 0 Å². The van der Waals surface area contributed by atoms with E-state index in [0.29, 0.717) is 23.2 Å². The van der Waals surface area contributed by atoms with Crippen LogP contribution in [0, 0.1) is 16.7 Å². The number of carbonyl (C=O) groups is 2. The molecule has 5 nitrogen and oxygen atoms in total. The number of rotatable bonds is 5. The van der Waals surface area contributed by atoms with E-state index in [1.54, 1.807) is 0 Å². The van der Waals surface area contributed by atoms with Crippen LogP contribution in [0.2, 0.25) is 0 Å². The average Bonchev–Trinajstić information content (AvgIpc) is 3.00. The Morgan fingerprint density at radius 1 is 1.10 bits per heavy atom. The molecule has 0 saturated heterocycles. The lowest BCUT2D eigenvalue weighted by Gasteiger charge is -2.65. The summed E-state index contributed by atoms with van der Waals surface area (Å²) < 4.78 is 0. The van der Waals surface area contributed by atoms with Gasteiger partial charge in [0.2, 0.25) is 11.8 Å². The van der Waals surface area contributed by atoms with Crippen LogP contribution in [-0.2, 0) is 16.0 Å². The molecule has 1 aromatic heterocycles. The molecule has 1 aromatic carbocycles. The van der Waals surface area contributed by atoms with Crippen LogP contribution in [0.1, 0.15) is 64.9 Å². The summed E-state index contributed by atoms with van der Waals surface area (Å²) in [5.74, 6) is 0.508. The number of fused-ring (bicyclic) bond motifs is 1. The van der Waals surface area contributed by atoms with E-state index in [4.69, 9.17) is 0 Å². The highest BCUT2D eigenvalue weighted by molar-refractivity contribution is 5.89. The predicted molar refractivity (Wildman–Crippen MR) is 118 cm³/mol. The molecule has 30 heavy (non-hydrogen) atoms. The number of hydrogen-bond donors (Lipinski definition) is 3. The van der Waals surface area contributed by atoms with Gasteiger partial charge in [-0.3, -0.25) is 9.59 Å². The summed E-state index contributed by atoms with van der Waals surface area (Å²) in [6.45, 7) is 6.31. The zero-order valence-corrected chi connectivity index (χ0v) is 18.3. The summed E-state index contributed by atoms with van der Waals surface area (Å²) in [5, 5.41) is 7.50. The quantitative estimate of drug-likeness (QED) is 0.699. The number of carbonyl (C=O) groups excluding carboxylic acids is 2. The van der Waals surface area contributed by atoms with Crippen LogP contribution in [0.25, 0.3) is 10.9 Å². The Morgan fingerprint density at radius 2 is 1.80 bits per heavy atom. The molecule has 2 amide bonds. The van der Waals surface area contributed by atoms with Gasteiger partial charge in [-0.25, -0.2) is 0 Å². The lowest BCUT2D eigenvalue weighted by Crippen LogP contribution is -2.67. The molecular formula is C25H33N3O2. The normalized spacial score (nSPS) is 35.4. The van der Waals surface area contributed by atoms with Crippen LogP contribution in [0.15, 0.2) is 30.5 Å². The molecule has 4 fully saturated rings. The van der Waals surface area contributed by atoms with Crippen LogP contribution < -0.4 is 10.6 Å². The van der Waals surface area contributed by atoms with E-state index in [-0.39, 0.29) is 17.4 Å². The highest BCUT2D eigenvalue weighted by Crippen LogP contribution is 2.66. The Hall–Kier alpha value is -2.30. The van der Waals surface area contributed by atoms with Gasteiger partial charge in [0, 0.05) is 36.0 Å². The van der Waals surface area contributed by atoms with E-state index in [9.17, 15) is 9.59 Å². The minimum Gasteiger partial charge on any atom is -0.361 e. The molecule has 0 aliphatic heterocycles. The lowest BCUT2D eigenvalue weighted by molar-refractivity contribution is -0.142. The van der Waals surface area contributed by atoms with E-state index in [2.05, 4.69) is 35.5 Å². The van der Waals surface area contributed by atoms with E-state index in [1.165, 1.54) is 26.2 Å². The predicted octanol–water partition coefficient (Wildman–Crippen LogP) is 4.08. The molecule has 6 rings (SSSR count). The number of aromatic nitrogens is 1. The van der Waals surface area contributed by atoms with Crippen molar-refractivity contribution in [2.24, 2.45) is 16.7 Å². The molecule has 2 aromatic rings. The Bertz CT molecular complexity index is 991. The van der Waals surface area contributed by atoms with Crippen LogP contribution in [-0.4, -0.2) is 28.4 Å². The van der Waals surface area contributed by atoms with Crippen molar-refractivity contribution in [2.45, 2.75) is 77.3 Å². The topological polar surface area (TPSA) is 74.0 Å². The summed E-state index contributed by atoms with van der Waals surface area (Å²) in [6.07, 6.45) is 9.54. The van der Waals surface area contributed by atoms with Gasteiger partial charge in [0.15, 0.2) is 0 Å². The Kier molecular flexibility index (Phi) is 4.32. The van der Waals surface area contributed by atoms with Gasteiger partial charge in [-0.05, 0) is 66.9 Å². The maximum Gasteiger partial charge on any atom is 0.243 e. The Balaban J connectivity index is 1.39. The van der Waals surface area contributed by atoms with Gasteiger partial charge in [-0.2, -0.15) is 0 Å². The number of nitrogens with one attached hydrogen (secondary N) is 3. The van der Waals surface area contributed by atoms with E-state index < -0.39 is 6.04 Å². The molecule has 4 aliphatic rings. The van der Waals surface area contributed by atoms with Gasteiger partial charge < -0.3 is 15.6 Å². The summed E-state index contributed by atoms with van der Waals surface area (Å²) in [5.41, 5.74) is 2.67. The van der Waals surface area contributed by atoms with Crippen molar-refractivity contribution < 1.29 is 9.59 Å². The van der Waals surface area contributed by atoms with Crippen LogP contribution in [0.4, 0.5) is 0 Å². The molecule has 0 spiro atoms. The molecule has 160 valence electrons. The number of hydrogen-bond acceptors (Lipinski definition) is 2. The number of H-pyrrole nitrogens is 1. The first-order valence-electron chi connectivity index (χ1n) is 11.3. The number of benzene rings is 1. The van der Waals surface area contributed by atoms with Crippen molar-refractivity contribution in [3.05, 3.63) is 36.0 Å². The fourth-order valence-corrected chi connectivity index (χ4v) is 7.91. The molecule has 1 heterocycles. The van der Waals surface area contributed by atoms with Gasteiger partial charge in [0.25, 0.3) is 0 Å². The third-order valence-electron chi connectivity index (χ3n) is 7.81. The van der Waals surface area contributed by atoms with Crippen molar-refractivity contribution in [3.8, 4) is 0 Å². The third kappa shape index (κ3) is 3.42. The molecule has 3 N–H and O–H groups in total. The molecule has 5 heteroatoms. The molecule has 4 aliphatic carbocycles. The summed E-state index contributed by atoms with van der Waals surface area (Å²) in [4.78, 5) is 28.7. The summed E-state index contributed by atoms with van der Waals surface area (Å²) in [7, 11) is 0. The number of aromatic amines is 1. The second-order valence-corrected chi connectivity index (χ2v) is 11.2. The zero-order valence-electron chi connectivity index (χ0n) is 18.3. The van der Waals surface area contributed by atoms with Crippen LogP contribution >= 0.6 is 0 Å². The fraction of sp³-hybridized carbons (Fsp3) is 0.600. The Morgan fingerprint density at radius 3 is 2.47 bits per heavy atom. The van der Waals surface area contributed by atoms with Crippen molar-refractivity contribution in [1.29, 1.82) is 0 Å². The second kappa shape index (κ2) is 6.60. The monoisotopic (exact) mass is 407 g/mol. The highest BCUT2D eigenvalue weighted by atomic mass is 16.2. The number of amides is 2. The highest BCUT2D eigenvalue weighted by Gasteiger charge is 2.60. The lowest BCUT2D eigenvalue weighted by atomic mass is 9.43. The molecule has 3 unspecified atom stereocenters. The van der Waals surface area contributed by atoms with Crippen molar-refractivity contribution in [1.82, 2.24) is 15.6 Å². The van der Waals surface area contributed by atoms with Gasteiger partial charge in [-0.1, -0.05) is 32.0 Å². The zero-order chi connectivity index (χ0) is 21.1. The molecule has 4 bridgehead atoms. The number of para-hydroxylation sites is 1. The van der Waals surface area contributed by atoms with E-state index in [0.717, 1.165) is 35.7 Å². The second-order valence-electron chi connectivity index (χ2n) is 11.2. The summed E-state index contributed by atoms with van der Waals surface area (Å²) in [6, 6.07) is 7.53. The van der Waals surface area contributed by atoms with Gasteiger partial charge >= 0.3 is 0 Å². The van der Waals surface area contributed by atoms with Gasteiger partial charge in [0.1, 0.15) is 6.04 Å². The summed E-state index contributed by atoms with van der Waals surface area (Å²) >= 11 is 0. The maximum atomic E-state index is 13.5. The van der Waals surface area contributed by atoms with Crippen molar-refractivity contribution >= 4 is 22.7 Å². The standard InChI is InChI=1S/C25H33N3O2/c1-16(29)27-21(8-18-12-26-20-7-5-4-6-19(18)20)22(30)28-25-11-17-9-23(2,14-25)13-24(3,10-17)15-25/h4-7,12,17,21,26H,8-11,13-15H2,1-3H3,(H,27,29)(H,28,30).